The van der Waals surface area contributed by atoms with E-state index in [1.165, 1.54) is 6.20 Å². The summed E-state index contributed by atoms with van der Waals surface area (Å²) in [5.74, 6) is 0. The second-order valence-electron chi connectivity index (χ2n) is 4.73. The first-order chi connectivity index (χ1) is 6.27. The van der Waals surface area contributed by atoms with Gasteiger partial charge < -0.3 is 10.3 Å². The summed E-state index contributed by atoms with van der Waals surface area (Å²) in [6.07, 6.45) is 1.40. The van der Waals surface area contributed by atoms with Crippen LogP contribution in [0.3, 0.4) is 0 Å². The molecular weight excluding hydrogens is 178 g/mol. The van der Waals surface area contributed by atoms with Crippen molar-refractivity contribution in [2.45, 2.75) is 33.3 Å². The largest absolute Gasteiger partial charge is 0.618 e. The smallest absolute Gasteiger partial charge is 0.224 e. The molecule has 0 saturated carbocycles. The topological polar surface area (TPSA) is 47.2 Å². The predicted octanol–water partition coefficient (Wildman–Crippen LogP) is 1.57. The lowest BCUT2D eigenvalue weighted by atomic mass is 9.75. The molecule has 0 spiro atoms. The van der Waals surface area contributed by atoms with Crippen LogP contribution in [0.1, 0.15) is 33.4 Å². The van der Waals surface area contributed by atoms with Crippen LogP contribution < -0.4 is 4.73 Å². The molecule has 1 rings (SSSR count). The van der Waals surface area contributed by atoms with Crippen molar-refractivity contribution < 1.29 is 9.84 Å². The van der Waals surface area contributed by atoms with Crippen LogP contribution in [0.15, 0.2) is 24.4 Å². The van der Waals surface area contributed by atoms with E-state index in [-0.39, 0.29) is 5.41 Å². The Hall–Kier alpha value is -1.09. The van der Waals surface area contributed by atoms with Crippen molar-refractivity contribution in [1.82, 2.24) is 0 Å². The molecule has 3 nitrogen and oxygen atoms in total. The lowest BCUT2D eigenvalue weighted by molar-refractivity contribution is -0.624. The lowest BCUT2D eigenvalue weighted by Crippen LogP contribution is -2.47. The number of nitrogens with zero attached hydrogens (tertiary/aromatic N) is 1. The van der Waals surface area contributed by atoms with E-state index in [0.29, 0.717) is 10.4 Å². The number of rotatable bonds is 1. The maximum atomic E-state index is 11.5. The molecule has 0 saturated heterocycles. The highest BCUT2D eigenvalue weighted by atomic mass is 16.5. The van der Waals surface area contributed by atoms with Crippen molar-refractivity contribution in [3.8, 4) is 0 Å². The zero-order valence-corrected chi connectivity index (χ0v) is 9.11. The predicted molar refractivity (Wildman–Crippen MR) is 54.4 cm³/mol. The van der Waals surface area contributed by atoms with Crippen molar-refractivity contribution in [2.24, 2.45) is 5.41 Å². The number of hydrogen-bond donors (Lipinski definition) is 1. The minimum atomic E-state index is -1.13. The molecule has 1 N–H and O–H groups in total. The van der Waals surface area contributed by atoms with Gasteiger partial charge in [-0.2, -0.15) is 4.73 Å². The van der Waals surface area contributed by atoms with Crippen LogP contribution in [0.25, 0.3) is 0 Å². The highest BCUT2D eigenvalue weighted by Gasteiger charge is 2.42. The van der Waals surface area contributed by atoms with Gasteiger partial charge in [0.05, 0.1) is 0 Å². The van der Waals surface area contributed by atoms with Gasteiger partial charge in [0, 0.05) is 17.5 Å². The molecule has 0 fully saturated rings. The van der Waals surface area contributed by atoms with Crippen LogP contribution in [-0.2, 0) is 5.60 Å². The van der Waals surface area contributed by atoms with Gasteiger partial charge in [-0.3, -0.25) is 0 Å². The Morgan fingerprint density at radius 2 is 1.79 bits per heavy atom. The van der Waals surface area contributed by atoms with E-state index in [1.54, 1.807) is 25.1 Å². The Balaban J connectivity index is 3.23. The van der Waals surface area contributed by atoms with E-state index in [4.69, 9.17) is 0 Å². The normalized spacial score (nSPS) is 16.4. The van der Waals surface area contributed by atoms with Crippen molar-refractivity contribution in [3.63, 3.8) is 0 Å². The number of pyridine rings is 1. The first kappa shape index (κ1) is 11.0. The third kappa shape index (κ3) is 1.73. The molecule has 0 amide bonds. The van der Waals surface area contributed by atoms with Crippen molar-refractivity contribution in [3.05, 3.63) is 35.3 Å². The molecule has 1 aromatic rings. The van der Waals surface area contributed by atoms with E-state index in [2.05, 4.69) is 0 Å². The molecule has 78 valence electrons. The van der Waals surface area contributed by atoms with Crippen LogP contribution in [0.4, 0.5) is 0 Å². The van der Waals surface area contributed by atoms with E-state index in [1.807, 2.05) is 20.8 Å². The summed E-state index contributed by atoms with van der Waals surface area (Å²) >= 11 is 0. The third-order valence-electron chi connectivity index (χ3n) is 2.78. The van der Waals surface area contributed by atoms with Gasteiger partial charge in [0.15, 0.2) is 11.8 Å². The monoisotopic (exact) mass is 195 g/mol. The lowest BCUT2D eigenvalue weighted by Gasteiger charge is -2.34. The summed E-state index contributed by atoms with van der Waals surface area (Å²) < 4.78 is 0.714. The number of hydrogen-bond acceptors (Lipinski definition) is 2. The molecule has 14 heavy (non-hydrogen) atoms. The molecular formula is C11H17NO2. The van der Waals surface area contributed by atoms with Crippen LogP contribution in [0, 0.1) is 10.6 Å². The highest BCUT2D eigenvalue weighted by Crippen LogP contribution is 2.36. The van der Waals surface area contributed by atoms with Crippen LogP contribution >= 0.6 is 0 Å². The minimum absolute atomic E-state index is 0.374. The SMILES string of the molecule is CC(C)(C)C(C)(O)c1cccc[n+]1[O-]. The second-order valence-corrected chi connectivity index (χ2v) is 4.73. The summed E-state index contributed by atoms with van der Waals surface area (Å²) in [5, 5.41) is 21.8. The molecule has 1 unspecified atom stereocenters. The highest BCUT2D eigenvalue weighted by molar-refractivity contribution is 5.10. The molecule has 0 aromatic carbocycles. The quantitative estimate of drug-likeness (QED) is 0.546. The molecule has 0 bridgehead atoms. The van der Waals surface area contributed by atoms with Crippen molar-refractivity contribution >= 4 is 0 Å². The summed E-state index contributed by atoms with van der Waals surface area (Å²) in [6.45, 7) is 7.37. The van der Waals surface area contributed by atoms with Gasteiger partial charge in [0.2, 0.25) is 5.69 Å². The summed E-state index contributed by atoms with van der Waals surface area (Å²) in [6, 6.07) is 5.05. The first-order valence-electron chi connectivity index (χ1n) is 4.68. The van der Waals surface area contributed by atoms with E-state index < -0.39 is 5.60 Å². The van der Waals surface area contributed by atoms with Gasteiger partial charge in [0.1, 0.15) is 0 Å². The fourth-order valence-electron chi connectivity index (χ4n) is 1.19. The number of aromatic nitrogens is 1. The molecule has 1 aromatic heterocycles. The number of aliphatic hydroxyl groups is 1. The van der Waals surface area contributed by atoms with Gasteiger partial charge >= 0.3 is 0 Å². The summed E-state index contributed by atoms with van der Waals surface area (Å²) in [5.41, 5.74) is -1.12. The van der Waals surface area contributed by atoms with Crippen LogP contribution in [0.5, 0.6) is 0 Å². The summed E-state index contributed by atoms with van der Waals surface area (Å²) in [7, 11) is 0. The Bertz CT molecular complexity index is 326. The average molecular weight is 195 g/mol. The molecule has 1 heterocycles. The van der Waals surface area contributed by atoms with Crippen LogP contribution in [0.2, 0.25) is 0 Å². The molecule has 3 heteroatoms. The zero-order valence-electron chi connectivity index (χ0n) is 9.11. The van der Waals surface area contributed by atoms with Crippen molar-refractivity contribution in [1.29, 1.82) is 0 Å². The Morgan fingerprint density at radius 3 is 2.21 bits per heavy atom. The molecule has 0 radical (unpaired) electrons. The molecule has 1 atom stereocenters. The second kappa shape index (κ2) is 3.24. The first-order valence-corrected chi connectivity index (χ1v) is 4.68. The Labute approximate surface area is 84.6 Å². The van der Waals surface area contributed by atoms with Gasteiger partial charge in [-0.25, -0.2) is 0 Å². The maximum Gasteiger partial charge on any atom is 0.224 e. The van der Waals surface area contributed by atoms with E-state index in [0.717, 1.165) is 0 Å². The third-order valence-corrected chi connectivity index (χ3v) is 2.78. The average Bonchev–Trinajstić information content (AvgIpc) is 2.02. The van der Waals surface area contributed by atoms with Crippen molar-refractivity contribution in [2.75, 3.05) is 0 Å². The minimum Gasteiger partial charge on any atom is -0.618 e. The maximum absolute atomic E-state index is 11.5. The Kier molecular flexibility index (Phi) is 2.54. The van der Waals surface area contributed by atoms with Gasteiger partial charge in [-0.05, 0) is 13.0 Å². The van der Waals surface area contributed by atoms with E-state index in [9.17, 15) is 10.3 Å². The van der Waals surface area contributed by atoms with Gasteiger partial charge in [-0.15, -0.1) is 0 Å². The van der Waals surface area contributed by atoms with Gasteiger partial charge in [0.25, 0.3) is 0 Å². The molecule has 0 aliphatic carbocycles. The molecule has 0 aliphatic rings. The summed E-state index contributed by atoms with van der Waals surface area (Å²) in [4.78, 5) is 0. The fourth-order valence-corrected chi connectivity index (χ4v) is 1.19. The fraction of sp³-hybridized carbons (Fsp3) is 0.545. The van der Waals surface area contributed by atoms with E-state index >= 15 is 0 Å². The standard InChI is InChI=1S/C11H17NO2/c1-10(2,3)11(4,13)9-7-5-6-8-12(9)14/h5-8,13H,1-4H3. The zero-order chi connectivity index (χ0) is 11.0. The molecule has 0 aliphatic heterocycles. The Morgan fingerprint density at radius 1 is 1.21 bits per heavy atom. The van der Waals surface area contributed by atoms with Gasteiger partial charge in [-0.1, -0.05) is 20.8 Å². The van der Waals surface area contributed by atoms with Crippen LogP contribution in [-0.4, -0.2) is 5.11 Å².